The van der Waals surface area contributed by atoms with Gasteiger partial charge in [-0.05, 0) is 36.6 Å². The van der Waals surface area contributed by atoms with E-state index in [1.54, 1.807) is 7.11 Å². The third-order valence-corrected chi connectivity index (χ3v) is 3.13. The van der Waals surface area contributed by atoms with Crippen LogP contribution in [0.3, 0.4) is 0 Å². The van der Waals surface area contributed by atoms with E-state index >= 15 is 0 Å². The average molecular weight is 265 g/mol. The molecule has 0 radical (unpaired) electrons. The predicted octanol–water partition coefficient (Wildman–Crippen LogP) is 3.41. The molecule has 1 aromatic rings. The highest BCUT2D eigenvalue weighted by atomic mass is 16.5. The van der Waals surface area contributed by atoms with E-state index in [9.17, 15) is 0 Å². The molecule has 0 aromatic heterocycles. The fraction of sp³-hybridized carbons (Fsp3) is 0.625. The van der Waals surface area contributed by atoms with Gasteiger partial charge in [-0.25, -0.2) is 0 Å². The SMILES string of the molecule is CNC(COCCC(C)(C)C)c1cccc(OC)c1. The topological polar surface area (TPSA) is 30.5 Å². The first-order chi connectivity index (χ1) is 8.96. The Hall–Kier alpha value is -1.06. The largest absolute Gasteiger partial charge is 0.497 e. The molecule has 1 aromatic carbocycles. The molecule has 1 atom stereocenters. The molecule has 0 spiro atoms. The summed E-state index contributed by atoms with van der Waals surface area (Å²) < 4.78 is 11.0. The molecule has 108 valence electrons. The van der Waals surface area contributed by atoms with Crippen molar-refractivity contribution in [2.75, 3.05) is 27.4 Å². The highest BCUT2D eigenvalue weighted by Crippen LogP contribution is 2.21. The third-order valence-electron chi connectivity index (χ3n) is 3.13. The van der Waals surface area contributed by atoms with Crippen molar-refractivity contribution in [1.29, 1.82) is 0 Å². The van der Waals surface area contributed by atoms with Crippen LogP contribution in [0.5, 0.6) is 5.75 Å². The maximum atomic E-state index is 5.79. The monoisotopic (exact) mass is 265 g/mol. The summed E-state index contributed by atoms with van der Waals surface area (Å²) in [6, 6.07) is 8.31. The molecule has 1 unspecified atom stereocenters. The highest BCUT2D eigenvalue weighted by molar-refractivity contribution is 5.30. The van der Waals surface area contributed by atoms with Crippen molar-refractivity contribution in [2.45, 2.75) is 33.2 Å². The van der Waals surface area contributed by atoms with Crippen molar-refractivity contribution < 1.29 is 9.47 Å². The summed E-state index contributed by atoms with van der Waals surface area (Å²) in [5.41, 5.74) is 1.52. The number of likely N-dealkylation sites (N-methyl/N-ethyl adjacent to an activating group) is 1. The van der Waals surface area contributed by atoms with E-state index in [1.165, 1.54) is 5.56 Å². The van der Waals surface area contributed by atoms with Gasteiger partial charge in [-0.15, -0.1) is 0 Å². The first kappa shape index (κ1) is 16.0. The Balaban J connectivity index is 2.48. The van der Waals surface area contributed by atoms with Gasteiger partial charge >= 0.3 is 0 Å². The number of methoxy groups -OCH3 is 1. The second-order valence-corrected chi connectivity index (χ2v) is 6.00. The van der Waals surface area contributed by atoms with Gasteiger partial charge in [0.25, 0.3) is 0 Å². The summed E-state index contributed by atoms with van der Waals surface area (Å²) in [6.07, 6.45) is 1.07. The van der Waals surface area contributed by atoms with Crippen LogP contribution in [0.2, 0.25) is 0 Å². The summed E-state index contributed by atoms with van der Waals surface area (Å²) >= 11 is 0. The van der Waals surface area contributed by atoms with Crippen molar-refractivity contribution in [2.24, 2.45) is 5.41 Å². The van der Waals surface area contributed by atoms with E-state index in [0.717, 1.165) is 18.8 Å². The van der Waals surface area contributed by atoms with Crippen LogP contribution in [0.25, 0.3) is 0 Å². The van der Waals surface area contributed by atoms with Gasteiger partial charge in [-0.3, -0.25) is 0 Å². The van der Waals surface area contributed by atoms with Gasteiger partial charge in [0, 0.05) is 6.61 Å². The molecular formula is C16H27NO2. The molecule has 1 N–H and O–H groups in total. The van der Waals surface area contributed by atoms with Gasteiger partial charge in [0.1, 0.15) is 5.75 Å². The summed E-state index contributed by atoms with van der Waals surface area (Å²) in [4.78, 5) is 0. The zero-order valence-electron chi connectivity index (χ0n) is 12.8. The Kier molecular flexibility index (Phi) is 6.32. The van der Waals surface area contributed by atoms with Crippen LogP contribution in [0.15, 0.2) is 24.3 Å². The predicted molar refractivity (Wildman–Crippen MR) is 79.7 cm³/mol. The fourth-order valence-electron chi connectivity index (χ4n) is 1.78. The van der Waals surface area contributed by atoms with E-state index in [2.05, 4.69) is 32.2 Å². The van der Waals surface area contributed by atoms with Crippen LogP contribution in [0.1, 0.15) is 38.8 Å². The van der Waals surface area contributed by atoms with Crippen LogP contribution in [-0.4, -0.2) is 27.4 Å². The number of hydrogen-bond acceptors (Lipinski definition) is 3. The zero-order valence-corrected chi connectivity index (χ0v) is 12.8. The Bertz CT molecular complexity index is 371. The minimum atomic E-state index is 0.204. The molecule has 0 saturated carbocycles. The smallest absolute Gasteiger partial charge is 0.119 e. The molecule has 1 rings (SSSR count). The normalized spacial score (nSPS) is 13.3. The second kappa shape index (κ2) is 7.51. The third kappa shape index (κ3) is 6.08. The maximum Gasteiger partial charge on any atom is 0.119 e. The quantitative estimate of drug-likeness (QED) is 0.766. The van der Waals surface area contributed by atoms with Gasteiger partial charge in [-0.2, -0.15) is 0 Å². The van der Waals surface area contributed by atoms with E-state index < -0.39 is 0 Å². The van der Waals surface area contributed by atoms with Gasteiger partial charge in [0.05, 0.1) is 19.8 Å². The lowest BCUT2D eigenvalue weighted by Gasteiger charge is -2.21. The Morgan fingerprint density at radius 3 is 2.58 bits per heavy atom. The molecule has 0 aliphatic carbocycles. The fourth-order valence-corrected chi connectivity index (χ4v) is 1.78. The lowest BCUT2D eigenvalue weighted by Crippen LogP contribution is -2.22. The first-order valence-corrected chi connectivity index (χ1v) is 6.85. The summed E-state index contributed by atoms with van der Waals surface area (Å²) in [5, 5.41) is 3.29. The molecule has 0 bridgehead atoms. The second-order valence-electron chi connectivity index (χ2n) is 6.00. The summed E-state index contributed by atoms with van der Waals surface area (Å²) in [5.74, 6) is 0.882. The van der Waals surface area contributed by atoms with Gasteiger partial charge in [0.2, 0.25) is 0 Å². The Labute approximate surface area is 117 Å². The average Bonchev–Trinajstić information content (AvgIpc) is 2.37. The van der Waals surface area contributed by atoms with E-state index in [-0.39, 0.29) is 6.04 Å². The van der Waals surface area contributed by atoms with Crippen molar-refractivity contribution in [3.8, 4) is 5.75 Å². The van der Waals surface area contributed by atoms with Crippen molar-refractivity contribution in [1.82, 2.24) is 5.32 Å². The van der Waals surface area contributed by atoms with E-state index in [1.807, 2.05) is 25.2 Å². The summed E-state index contributed by atoms with van der Waals surface area (Å²) in [6.45, 7) is 8.17. The van der Waals surface area contributed by atoms with E-state index in [0.29, 0.717) is 12.0 Å². The van der Waals surface area contributed by atoms with Gasteiger partial charge in [-0.1, -0.05) is 32.9 Å². The summed E-state index contributed by atoms with van der Waals surface area (Å²) in [7, 11) is 3.64. The van der Waals surface area contributed by atoms with Crippen molar-refractivity contribution >= 4 is 0 Å². The molecule has 3 heteroatoms. The maximum absolute atomic E-state index is 5.79. The molecule has 19 heavy (non-hydrogen) atoms. The lowest BCUT2D eigenvalue weighted by molar-refractivity contribution is 0.0914. The van der Waals surface area contributed by atoms with Crippen LogP contribution >= 0.6 is 0 Å². The molecular weight excluding hydrogens is 238 g/mol. The number of rotatable bonds is 7. The number of benzene rings is 1. The van der Waals surface area contributed by atoms with Crippen LogP contribution < -0.4 is 10.1 Å². The standard InChI is InChI=1S/C16H27NO2/c1-16(2,3)9-10-19-12-15(17-4)13-7-6-8-14(11-13)18-5/h6-8,11,15,17H,9-10,12H2,1-5H3. The highest BCUT2D eigenvalue weighted by Gasteiger charge is 2.12. The molecule has 0 fully saturated rings. The van der Waals surface area contributed by atoms with Gasteiger partial charge in [0.15, 0.2) is 0 Å². The molecule has 3 nitrogen and oxygen atoms in total. The van der Waals surface area contributed by atoms with Crippen molar-refractivity contribution in [3.05, 3.63) is 29.8 Å². The van der Waals surface area contributed by atoms with Crippen LogP contribution in [0.4, 0.5) is 0 Å². The number of hydrogen-bond donors (Lipinski definition) is 1. The van der Waals surface area contributed by atoms with Crippen LogP contribution in [-0.2, 0) is 4.74 Å². The molecule has 0 saturated heterocycles. The van der Waals surface area contributed by atoms with Crippen molar-refractivity contribution in [3.63, 3.8) is 0 Å². The lowest BCUT2D eigenvalue weighted by atomic mass is 9.93. The molecule has 0 aliphatic heterocycles. The first-order valence-electron chi connectivity index (χ1n) is 6.85. The van der Waals surface area contributed by atoms with Gasteiger partial charge < -0.3 is 14.8 Å². The zero-order chi connectivity index (χ0) is 14.3. The minimum Gasteiger partial charge on any atom is -0.497 e. The minimum absolute atomic E-state index is 0.204. The number of ether oxygens (including phenoxy) is 2. The Morgan fingerprint density at radius 1 is 1.26 bits per heavy atom. The molecule has 0 amide bonds. The number of nitrogens with one attached hydrogen (secondary N) is 1. The molecule has 0 aliphatic rings. The molecule has 0 heterocycles. The Morgan fingerprint density at radius 2 is 2.00 bits per heavy atom. The van der Waals surface area contributed by atoms with Crippen LogP contribution in [0, 0.1) is 5.41 Å². The van der Waals surface area contributed by atoms with E-state index in [4.69, 9.17) is 9.47 Å².